The number of carbonyl (C=O) groups is 1. The van der Waals surface area contributed by atoms with Gasteiger partial charge in [-0.25, -0.2) is 0 Å². The van der Waals surface area contributed by atoms with Gasteiger partial charge in [0.05, 0.1) is 32.0 Å². The highest BCUT2D eigenvalue weighted by Gasteiger charge is 2.51. The van der Waals surface area contributed by atoms with Gasteiger partial charge in [0.1, 0.15) is 48.8 Å². The van der Waals surface area contributed by atoms with Crippen molar-refractivity contribution in [2.75, 3.05) is 19.8 Å². The average molecular weight is 1390 g/mol. The van der Waals surface area contributed by atoms with Gasteiger partial charge in [0.25, 0.3) is 0 Å². The first-order valence-corrected chi connectivity index (χ1v) is 42.2. The number of hydrogen-bond donors (Lipinski definition) is 9. The Morgan fingerprint density at radius 1 is 0.367 bits per heavy atom. The van der Waals surface area contributed by atoms with Crippen LogP contribution in [0.3, 0.4) is 0 Å². The molecule has 0 bridgehead atoms. The molecule has 1 amide bonds. The van der Waals surface area contributed by atoms with Gasteiger partial charge in [0.2, 0.25) is 5.91 Å². The summed E-state index contributed by atoms with van der Waals surface area (Å²) in [6.07, 6.45) is 73.9. The van der Waals surface area contributed by atoms with E-state index in [0.717, 1.165) is 44.9 Å². The summed E-state index contributed by atoms with van der Waals surface area (Å²) in [6, 6.07) is -0.915. The van der Waals surface area contributed by atoms with E-state index in [2.05, 4.69) is 43.5 Å². The highest BCUT2D eigenvalue weighted by Crippen LogP contribution is 2.30. The van der Waals surface area contributed by atoms with Crippen LogP contribution in [0, 0.1) is 0 Å². The molecule has 0 aromatic heterocycles. The van der Waals surface area contributed by atoms with Crippen LogP contribution in [-0.4, -0.2) is 140 Å². The first-order valence-electron chi connectivity index (χ1n) is 42.2. The van der Waals surface area contributed by atoms with Crippen molar-refractivity contribution in [3.05, 3.63) is 36.5 Å². The Kier molecular flexibility index (Phi) is 64.3. The second-order valence-corrected chi connectivity index (χ2v) is 30.0. The Bertz CT molecular complexity index is 1780. The van der Waals surface area contributed by atoms with Gasteiger partial charge < -0.3 is 65.1 Å². The smallest absolute Gasteiger partial charge is 0.220 e. The predicted molar refractivity (Wildman–Crippen MR) is 406 cm³/mol. The largest absolute Gasteiger partial charge is 0.394 e. The lowest BCUT2D eigenvalue weighted by atomic mass is 9.97. The molecule has 2 rings (SSSR count). The van der Waals surface area contributed by atoms with Gasteiger partial charge in [-0.05, 0) is 51.4 Å². The average Bonchev–Trinajstić information content (AvgIpc) is 0.793. The summed E-state index contributed by atoms with van der Waals surface area (Å²) in [5, 5.41) is 87.8. The molecule has 2 heterocycles. The lowest BCUT2D eigenvalue weighted by Gasteiger charge is -2.46. The maximum absolute atomic E-state index is 13.4. The fraction of sp³-hybridized carbons (Fsp3) is 0.917. The van der Waals surface area contributed by atoms with Crippen molar-refractivity contribution in [1.29, 1.82) is 0 Å². The molecular formula is C84H159NO13. The zero-order chi connectivity index (χ0) is 70.8. The molecule has 0 radical (unpaired) electrons. The lowest BCUT2D eigenvalue weighted by molar-refractivity contribution is -0.359. The summed E-state index contributed by atoms with van der Waals surface area (Å²) in [4.78, 5) is 13.4. The molecule has 0 spiro atoms. The molecule has 0 saturated carbocycles. The minimum absolute atomic E-state index is 0.230. The Morgan fingerprint density at radius 3 is 1.02 bits per heavy atom. The molecule has 12 unspecified atom stereocenters. The molecule has 2 fully saturated rings. The van der Waals surface area contributed by atoms with Crippen LogP contribution >= 0.6 is 0 Å². The summed E-state index contributed by atoms with van der Waals surface area (Å²) in [6.45, 7) is 2.86. The maximum atomic E-state index is 13.4. The second kappa shape index (κ2) is 68.3. The standard InChI is InChI=1S/C84H159NO13/c1-3-5-7-9-11-13-15-17-19-21-23-25-27-29-31-32-33-34-35-36-37-38-39-40-42-44-46-48-50-52-54-56-58-60-62-64-66-68-76(89)85-72(71-95-83-81(94)79(92)82(75(70-87)97-83)98-84-80(93)78(91)77(90)74(69-86)96-84)73(88)67-65-63-61-59-57-55-53-51-49-47-45-43-41-30-28-26-24-22-20-18-16-14-12-10-8-6-4-2/h15,17,21,23,65,67,72-75,77-84,86-88,90-94H,3-14,16,18-20,22,24-64,66,68-71H2,1-2H3,(H,85,89)/b17-15-,23-21-,67-65+. The molecule has 9 N–H and O–H groups in total. The van der Waals surface area contributed by atoms with Crippen molar-refractivity contribution in [1.82, 2.24) is 5.32 Å². The topological polar surface area (TPSA) is 228 Å². The van der Waals surface area contributed by atoms with Crippen LogP contribution in [0.1, 0.15) is 399 Å². The molecule has 0 aliphatic carbocycles. The first kappa shape index (κ1) is 92.3. The van der Waals surface area contributed by atoms with Crippen LogP contribution in [0.4, 0.5) is 0 Å². The van der Waals surface area contributed by atoms with E-state index in [1.165, 1.54) is 327 Å². The van der Waals surface area contributed by atoms with E-state index >= 15 is 0 Å². The van der Waals surface area contributed by atoms with E-state index in [-0.39, 0.29) is 18.9 Å². The number of allylic oxidation sites excluding steroid dienone is 5. The third kappa shape index (κ3) is 50.6. The molecule has 2 aliphatic rings. The van der Waals surface area contributed by atoms with Gasteiger partial charge in [0, 0.05) is 6.42 Å². The highest BCUT2D eigenvalue weighted by atomic mass is 16.7. The molecule has 0 aromatic rings. The number of aliphatic hydroxyl groups excluding tert-OH is 8. The molecule has 2 saturated heterocycles. The van der Waals surface area contributed by atoms with Crippen molar-refractivity contribution in [2.24, 2.45) is 0 Å². The van der Waals surface area contributed by atoms with E-state index in [1.807, 2.05) is 6.08 Å². The number of rotatable bonds is 72. The number of hydrogen-bond acceptors (Lipinski definition) is 13. The van der Waals surface area contributed by atoms with Crippen LogP contribution in [0.5, 0.6) is 0 Å². The summed E-state index contributed by atoms with van der Waals surface area (Å²) < 4.78 is 22.9. The van der Waals surface area contributed by atoms with Gasteiger partial charge in [-0.2, -0.15) is 0 Å². The minimum atomic E-state index is -1.79. The Hall–Kier alpha value is -1.79. The van der Waals surface area contributed by atoms with Crippen molar-refractivity contribution in [3.63, 3.8) is 0 Å². The van der Waals surface area contributed by atoms with Crippen molar-refractivity contribution in [2.45, 2.75) is 473 Å². The third-order valence-electron chi connectivity index (χ3n) is 20.8. The number of ether oxygens (including phenoxy) is 4. The molecule has 12 atom stereocenters. The fourth-order valence-corrected chi connectivity index (χ4v) is 14.2. The van der Waals surface area contributed by atoms with Crippen LogP contribution in [0.25, 0.3) is 0 Å². The van der Waals surface area contributed by atoms with Crippen LogP contribution < -0.4 is 5.32 Å². The van der Waals surface area contributed by atoms with Gasteiger partial charge in [-0.1, -0.05) is 378 Å². The zero-order valence-electron chi connectivity index (χ0n) is 63.6. The number of aliphatic hydroxyl groups is 8. The summed E-state index contributed by atoms with van der Waals surface area (Å²) >= 11 is 0. The minimum Gasteiger partial charge on any atom is -0.394 e. The molecule has 578 valence electrons. The molecule has 14 heteroatoms. The number of amides is 1. The third-order valence-corrected chi connectivity index (χ3v) is 20.8. The summed E-state index contributed by atoms with van der Waals surface area (Å²) in [5.74, 6) is -0.230. The maximum Gasteiger partial charge on any atom is 0.220 e. The quantitative estimate of drug-likeness (QED) is 0.0204. The lowest BCUT2D eigenvalue weighted by Crippen LogP contribution is -2.65. The fourth-order valence-electron chi connectivity index (χ4n) is 14.2. The summed E-state index contributed by atoms with van der Waals surface area (Å²) in [7, 11) is 0. The first-order chi connectivity index (χ1) is 48.1. The van der Waals surface area contributed by atoms with Gasteiger partial charge in [0.15, 0.2) is 12.6 Å². The molecule has 2 aliphatic heterocycles. The normalized spacial score (nSPS) is 22.1. The van der Waals surface area contributed by atoms with E-state index in [1.54, 1.807) is 6.08 Å². The van der Waals surface area contributed by atoms with Crippen LogP contribution in [-0.2, 0) is 23.7 Å². The van der Waals surface area contributed by atoms with Crippen molar-refractivity contribution < 1.29 is 64.6 Å². The van der Waals surface area contributed by atoms with Gasteiger partial charge >= 0.3 is 0 Å². The number of unbranched alkanes of at least 4 members (excludes halogenated alkanes) is 55. The predicted octanol–water partition coefficient (Wildman–Crippen LogP) is 19.6. The van der Waals surface area contributed by atoms with Crippen molar-refractivity contribution >= 4 is 5.91 Å². The van der Waals surface area contributed by atoms with Crippen molar-refractivity contribution in [3.8, 4) is 0 Å². The highest BCUT2D eigenvalue weighted by molar-refractivity contribution is 5.76. The number of carbonyl (C=O) groups excluding carboxylic acids is 1. The SMILES string of the molecule is CCCCCCC/C=C\C/C=C\CCCCCCCCCCCCCCCCCCCCCCCCCCCC(=O)NC(COC1OC(CO)C(OC2OC(CO)C(O)C(O)C2O)C(O)C1O)C(O)/C=C/CCCCCCCCCCCCCCCCCCCCCCCCCCC. The van der Waals surface area contributed by atoms with Crippen LogP contribution in [0.15, 0.2) is 36.5 Å². The Balaban J connectivity index is 1.58. The van der Waals surface area contributed by atoms with E-state index in [9.17, 15) is 45.6 Å². The Labute approximate surface area is 601 Å². The molecule has 98 heavy (non-hydrogen) atoms. The van der Waals surface area contributed by atoms with E-state index < -0.39 is 86.8 Å². The van der Waals surface area contributed by atoms with E-state index in [0.29, 0.717) is 6.42 Å². The Morgan fingerprint density at radius 2 is 0.673 bits per heavy atom. The van der Waals surface area contributed by atoms with Gasteiger partial charge in [-0.15, -0.1) is 0 Å². The number of nitrogens with one attached hydrogen (secondary N) is 1. The van der Waals surface area contributed by atoms with Crippen LogP contribution in [0.2, 0.25) is 0 Å². The molecule has 14 nitrogen and oxygen atoms in total. The monoisotopic (exact) mass is 1390 g/mol. The molecule has 0 aromatic carbocycles. The zero-order valence-corrected chi connectivity index (χ0v) is 63.6. The summed E-state index contributed by atoms with van der Waals surface area (Å²) in [5.41, 5.74) is 0. The van der Waals surface area contributed by atoms with Gasteiger partial charge in [-0.3, -0.25) is 4.79 Å². The second-order valence-electron chi connectivity index (χ2n) is 30.0. The molecular weight excluding hydrogens is 1230 g/mol. The van der Waals surface area contributed by atoms with E-state index in [4.69, 9.17) is 18.9 Å².